The smallest absolute Gasteiger partial charge is 0.127 e. The van der Waals surface area contributed by atoms with Crippen molar-refractivity contribution >= 4 is 5.82 Å². The molecule has 0 aliphatic carbocycles. The molecule has 2 aromatic rings. The van der Waals surface area contributed by atoms with Crippen LogP contribution in [0.3, 0.4) is 0 Å². The normalized spacial score (nSPS) is 9.85. The second-order valence-electron chi connectivity index (χ2n) is 4.59. The first kappa shape index (κ1) is 13.9. The van der Waals surface area contributed by atoms with Crippen LogP contribution in [0.25, 0.3) is 0 Å². The Bertz CT molecular complexity index is 632. The minimum atomic E-state index is 0.543. The highest BCUT2D eigenvalue weighted by Gasteiger charge is 1.99. The summed E-state index contributed by atoms with van der Waals surface area (Å²) < 4.78 is 5.64. The highest BCUT2D eigenvalue weighted by molar-refractivity contribution is 5.44. The molecule has 4 nitrogen and oxygen atoms in total. The molecule has 0 radical (unpaired) electrons. The Hall–Kier alpha value is -2.54. The van der Waals surface area contributed by atoms with Crippen molar-refractivity contribution < 1.29 is 4.74 Å². The van der Waals surface area contributed by atoms with Crippen molar-refractivity contribution in [2.45, 2.75) is 13.8 Å². The van der Waals surface area contributed by atoms with Crippen molar-refractivity contribution in [1.82, 2.24) is 4.98 Å². The Morgan fingerprint density at radius 3 is 2.85 bits per heavy atom. The van der Waals surface area contributed by atoms with Crippen LogP contribution in [0.5, 0.6) is 5.75 Å². The van der Waals surface area contributed by atoms with Gasteiger partial charge in [0.05, 0.1) is 18.2 Å². The van der Waals surface area contributed by atoms with Crippen LogP contribution in [0.2, 0.25) is 0 Å². The fourth-order valence-corrected chi connectivity index (χ4v) is 1.88. The summed E-state index contributed by atoms with van der Waals surface area (Å²) in [6, 6.07) is 13.6. The summed E-state index contributed by atoms with van der Waals surface area (Å²) in [5.41, 5.74) is 2.61. The van der Waals surface area contributed by atoms with E-state index >= 15 is 0 Å². The number of pyridine rings is 1. The Morgan fingerprint density at radius 2 is 2.10 bits per heavy atom. The summed E-state index contributed by atoms with van der Waals surface area (Å²) in [5, 5.41) is 12.1. The van der Waals surface area contributed by atoms with E-state index in [2.05, 4.69) is 16.4 Å². The van der Waals surface area contributed by atoms with Gasteiger partial charge in [-0.25, -0.2) is 4.98 Å². The van der Waals surface area contributed by atoms with E-state index in [-0.39, 0.29) is 0 Å². The van der Waals surface area contributed by atoms with Gasteiger partial charge in [0, 0.05) is 5.69 Å². The highest BCUT2D eigenvalue weighted by Crippen LogP contribution is 2.12. The molecule has 102 valence electrons. The molecule has 1 aromatic heterocycles. The van der Waals surface area contributed by atoms with Crippen molar-refractivity contribution in [2.24, 2.45) is 0 Å². The number of ether oxygens (including phenoxy) is 1. The zero-order valence-electron chi connectivity index (χ0n) is 11.7. The molecule has 1 N–H and O–H groups in total. The van der Waals surface area contributed by atoms with Gasteiger partial charge < -0.3 is 10.1 Å². The van der Waals surface area contributed by atoms with Crippen LogP contribution < -0.4 is 10.1 Å². The van der Waals surface area contributed by atoms with Crippen LogP contribution in [-0.2, 0) is 0 Å². The summed E-state index contributed by atoms with van der Waals surface area (Å²) in [6.07, 6.45) is 0. The maximum absolute atomic E-state index is 8.90. The summed E-state index contributed by atoms with van der Waals surface area (Å²) in [6.45, 7) is 5.08. The predicted molar refractivity (Wildman–Crippen MR) is 78.9 cm³/mol. The number of anilines is 1. The largest absolute Gasteiger partial charge is 0.492 e. The zero-order valence-corrected chi connectivity index (χ0v) is 11.7. The van der Waals surface area contributed by atoms with Gasteiger partial charge in [-0.3, -0.25) is 0 Å². The maximum atomic E-state index is 8.90. The highest BCUT2D eigenvalue weighted by atomic mass is 16.5. The summed E-state index contributed by atoms with van der Waals surface area (Å²) in [7, 11) is 0. The number of benzene rings is 1. The van der Waals surface area contributed by atoms with E-state index in [4.69, 9.17) is 10.00 Å². The van der Waals surface area contributed by atoms with E-state index in [1.165, 1.54) is 5.56 Å². The third-order valence-electron chi connectivity index (χ3n) is 2.75. The number of rotatable bonds is 5. The van der Waals surface area contributed by atoms with Crippen LogP contribution in [0.15, 0.2) is 36.4 Å². The molecule has 0 amide bonds. The Labute approximate surface area is 119 Å². The standard InChI is InChI=1S/C16H17N3O/c1-12-4-3-5-15(8-12)20-7-6-18-16-10-14(11-17)9-13(2)19-16/h3-5,8-10H,6-7H2,1-2H3,(H,18,19). The van der Waals surface area contributed by atoms with Gasteiger partial charge in [0.1, 0.15) is 18.2 Å². The number of aromatic nitrogens is 1. The average molecular weight is 267 g/mol. The minimum Gasteiger partial charge on any atom is -0.492 e. The average Bonchev–Trinajstić information content (AvgIpc) is 2.43. The van der Waals surface area contributed by atoms with E-state index in [9.17, 15) is 0 Å². The second-order valence-corrected chi connectivity index (χ2v) is 4.59. The van der Waals surface area contributed by atoms with Crippen LogP contribution in [0.4, 0.5) is 5.82 Å². The molecule has 0 aliphatic rings. The Kier molecular flexibility index (Phi) is 4.56. The first-order valence-electron chi connectivity index (χ1n) is 6.49. The predicted octanol–water partition coefficient (Wildman–Crippen LogP) is 3.06. The van der Waals surface area contributed by atoms with Crippen molar-refractivity contribution in [3.05, 3.63) is 53.2 Å². The topological polar surface area (TPSA) is 57.9 Å². The fourth-order valence-electron chi connectivity index (χ4n) is 1.88. The third kappa shape index (κ3) is 3.99. The second kappa shape index (κ2) is 6.58. The van der Waals surface area contributed by atoms with E-state index in [0.29, 0.717) is 24.5 Å². The molecule has 1 heterocycles. The molecule has 4 heteroatoms. The quantitative estimate of drug-likeness (QED) is 0.846. The number of nitriles is 1. The van der Waals surface area contributed by atoms with Crippen molar-refractivity contribution in [2.75, 3.05) is 18.5 Å². The zero-order chi connectivity index (χ0) is 14.4. The van der Waals surface area contributed by atoms with E-state index in [1.807, 2.05) is 38.1 Å². The van der Waals surface area contributed by atoms with Crippen molar-refractivity contribution in [3.63, 3.8) is 0 Å². The minimum absolute atomic E-state index is 0.543. The van der Waals surface area contributed by atoms with Gasteiger partial charge in [-0.1, -0.05) is 12.1 Å². The molecule has 20 heavy (non-hydrogen) atoms. The molecule has 0 spiro atoms. The molecule has 0 saturated heterocycles. The van der Waals surface area contributed by atoms with Gasteiger partial charge in [-0.05, 0) is 43.7 Å². The summed E-state index contributed by atoms with van der Waals surface area (Å²) in [5.74, 6) is 1.57. The van der Waals surface area contributed by atoms with Crippen LogP contribution in [-0.4, -0.2) is 18.1 Å². The first-order chi connectivity index (χ1) is 9.67. The van der Waals surface area contributed by atoms with Gasteiger partial charge in [-0.2, -0.15) is 5.26 Å². The van der Waals surface area contributed by atoms with Crippen LogP contribution >= 0.6 is 0 Å². The van der Waals surface area contributed by atoms with Gasteiger partial charge in [0.25, 0.3) is 0 Å². The third-order valence-corrected chi connectivity index (χ3v) is 2.75. The molecule has 1 aromatic carbocycles. The van der Waals surface area contributed by atoms with E-state index < -0.39 is 0 Å². The molecule has 0 saturated carbocycles. The summed E-state index contributed by atoms with van der Waals surface area (Å²) in [4.78, 5) is 4.32. The summed E-state index contributed by atoms with van der Waals surface area (Å²) >= 11 is 0. The fraction of sp³-hybridized carbons (Fsp3) is 0.250. The lowest BCUT2D eigenvalue weighted by atomic mass is 10.2. The molecule has 2 rings (SSSR count). The molecular weight excluding hydrogens is 250 g/mol. The first-order valence-corrected chi connectivity index (χ1v) is 6.49. The maximum Gasteiger partial charge on any atom is 0.127 e. The number of nitrogens with zero attached hydrogens (tertiary/aromatic N) is 2. The van der Waals surface area contributed by atoms with Gasteiger partial charge in [0.15, 0.2) is 0 Å². The van der Waals surface area contributed by atoms with E-state index in [1.54, 1.807) is 12.1 Å². The monoisotopic (exact) mass is 267 g/mol. The van der Waals surface area contributed by atoms with Crippen LogP contribution in [0, 0.1) is 25.2 Å². The number of hydrogen-bond donors (Lipinski definition) is 1. The van der Waals surface area contributed by atoms with E-state index in [0.717, 1.165) is 11.4 Å². The van der Waals surface area contributed by atoms with Crippen LogP contribution in [0.1, 0.15) is 16.8 Å². The van der Waals surface area contributed by atoms with Gasteiger partial charge in [-0.15, -0.1) is 0 Å². The van der Waals surface area contributed by atoms with Gasteiger partial charge >= 0.3 is 0 Å². The molecule has 0 aliphatic heterocycles. The lowest BCUT2D eigenvalue weighted by molar-refractivity contribution is 0.332. The molecule has 0 fully saturated rings. The Balaban J connectivity index is 1.84. The number of nitrogens with one attached hydrogen (secondary N) is 1. The van der Waals surface area contributed by atoms with Crippen molar-refractivity contribution in [1.29, 1.82) is 5.26 Å². The SMILES string of the molecule is Cc1cccc(OCCNc2cc(C#N)cc(C)n2)c1. The molecular formula is C16H17N3O. The number of aryl methyl sites for hydroxylation is 2. The molecule has 0 atom stereocenters. The Morgan fingerprint density at radius 1 is 1.25 bits per heavy atom. The molecule has 0 bridgehead atoms. The lowest BCUT2D eigenvalue weighted by Gasteiger charge is -2.09. The lowest BCUT2D eigenvalue weighted by Crippen LogP contribution is -2.12. The number of hydrogen-bond acceptors (Lipinski definition) is 4. The van der Waals surface area contributed by atoms with Gasteiger partial charge in [0.2, 0.25) is 0 Å². The molecule has 0 unspecified atom stereocenters. The van der Waals surface area contributed by atoms with Crippen molar-refractivity contribution in [3.8, 4) is 11.8 Å².